The molecule has 4 heteroatoms. The van der Waals surface area contributed by atoms with Crippen molar-refractivity contribution >= 4 is 5.91 Å². The molecule has 0 bridgehead atoms. The van der Waals surface area contributed by atoms with Crippen molar-refractivity contribution in [1.29, 1.82) is 5.26 Å². The zero-order valence-electron chi connectivity index (χ0n) is 9.03. The van der Waals surface area contributed by atoms with Gasteiger partial charge in [0, 0.05) is 25.6 Å². The summed E-state index contributed by atoms with van der Waals surface area (Å²) in [5, 5.41) is 8.94. The Bertz CT molecular complexity index is 257. The third kappa shape index (κ3) is 2.24. The van der Waals surface area contributed by atoms with Crippen LogP contribution in [0.4, 0.5) is 0 Å². The maximum Gasteiger partial charge on any atom is 0.226 e. The molecule has 1 amide bonds. The summed E-state index contributed by atoms with van der Waals surface area (Å²) in [6.07, 6.45) is 0. The maximum absolute atomic E-state index is 11.7. The molecule has 14 heavy (non-hydrogen) atoms. The van der Waals surface area contributed by atoms with E-state index >= 15 is 0 Å². The number of piperazine rings is 1. The van der Waals surface area contributed by atoms with Crippen molar-refractivity contribution in [2.45, 2.75) is 19.9 Å². The van der Waals surface area contributed by atoms with E-state index in [1.54, 1.807) is 4.90 Å². The van der Waals surface area contributed by atoms with E-state index in [0.29, 0.717) is 13.1 Å². The normalized spacial score (nSPS) is 23.6. The molecule has 0 radical (unpaired) electrons. The van der Waals surface area contributed by atoms with Gasteiger partial charge in [-0.15, -0.1) is 0 Å². The Hall–Kier alpha value is -1.08. The average Bonchev–Trinajstić information content (AvgIpc) is 2.16. The monoisotopic (exact) mass is 195 g/mol. The van der Waals surface area contributed by atoms with Crippen LogP contribution in [0.1, 0.15) is 13.8 Å². The minimum Gasteiger partial charge on any atom is -0.324 e. The first-order valence-corrected chi connectivity index (χ1v) is 4.95. The molecule has 1 aliphatic rings. The summed E-state index contributed by atoms with van der Waals surface area (Å²) >= 11 is 0. The fraction of sp³-hybridized carbons (Fsp3) is 0.800. The van der Waals surface area contributed by atoms with Gasteiger partial charge in [0.05, 0.1) is 6.07 Å². The summed E-state index contributed by atoms with van der Waals surface area (Å²) in [6, 6.07) is 1.91. The van der Waals surface area contributed by atoms with E-state index < -0.39 is 0 Å². The number of nitrogens with zero attached hydrogens (tertiary/aromatic N) is 3. The number of carbonyl (C=O) groups is 1. The van der Waals surface area contributed by atoms with Crippen molar-refractivity contribution in [1.82, 2.24) is 9.80 Å². The summed E-state index contributed by atoms with van der Waals surface area (Å²) in [7, 11) is 1.97. The second-order valence-corrected chi connectivity index (χ2v) is 4.09. The SMILES string of the molecule is CC(C)C(=O)N1CCN(C)C[C@H]1C#N. The fourth-order valence-electron chi connectivity index (χ4n) is 1.63. The van der Waals surface area contributed by atoms with Gasteiger partial charge in [-0.05, 0) is 7.05 Å². The second kappa shape index (κ2) is 4.43. The highest BCUT2D eigenvalue weighted by molar-refractivity contribution is 5.78. The zero-order valence-corrected chi connectivity index (χ0v) is 9.03. The number of hydrogen-bond donors (Lipinski definition) is 0. The third-order valence-corrected chi connectivity index (χ3v) is 2.51. The number of hydrogen-bond acceptors (Lipinski definition) is 3. The van der Waals surface area contributed by atoms with Gasteiger partial charge in [-0.3, -0.25) is 4.79 Å². The average molecular weight is 195 g/mol. The molecule has 0 aromatic carbocycles. The molecule has 0 spiro atoms. The maximum atomic E-state index is 11.7. The molecule has 0 unspecified atom stereocenters. The Balaban J connectivity index is 2.69. The van der Waals surface area contributed by atoms with Gasteiger partial charge in [-0.2, -0.15) is 5.26 Å². The molecule has 1 heterocycles. The van der Waals surface area contributed by atoms with Crippen molar-refractivity contribution in [2.24, 2.45) is 5.92 Å². The lowest BCUT2D eigenvalue weighted by Crippen LogP contribution is -2.54. The quantitative estimate of drug-likeness (QED) is 0.605. The topological polar surface area (TPSA) is 47.3 Å². The van der Waals surface area contributed by atoms with Gasteiger partial charge in [0.15, 0.2) is 0 Å². The predicted molar refractivity (Wildman–Crippen MR) is 53.4 cm³/mol. The Morgan fingerprint density at radius 2 is 2.14 bits per heavy atom. The Labute approximate surface area is 85.1 Å². The molecular weight excluding hydrogens is 178 g/mol. The van der Waals surface area contributed by atoms with Crippen LogP contribution in [0, 0.1) is 17.2 Å². The lowest BCUT2D eigenvalue weighted by molar-refractivity contribution is -0.137. The third-order valence-electron chi connectivity index (χ3n) is 2.51. The summed E-state index contributed by atoms with van der Waals surface area (Å²) in [5.41, 5.74) is 0. The van der Waals surface area contributed by atoms with Gasteiger partial charge in [-0.25, -0.2) is 0 Å². The van der Waals surface area contributed by atoms with Crippen LogP contribution in [0.25, 0.3) is 0 Å². The molecule has 0 N–H and O–H groups in total. The van der Waals surface area contributed by atoms with Crippen LogP contribution in [0.2, 0.25) is 0 Å². The van der Waals surface area contributed by atoms with Gasteiger partial charge in [-0.1, -0.05) is 13.8 Å². The molecule has 78 valence electrons. The highest BCUT2D eigenvalue weighted by Gasteiger charge is 2.29. The van der Waals surface area contributed by atoms with E-state index in [9.17, 15) is 4.79 Å². The van der Waals surface area contributed by atoms with E-state index in [-0.39, 0.29) is 17.9 Å². The molecule has 1 fully saturated rings. The van der Waals surface area contributed by atoms with Crippen LogP contribution in [0.15, 0.2) is 0 Å². The van der Waals surface area contributed by atoms with Crippen molar-refractivity contribution in [3.8, 4) is 6.07 Å². The molecule has 0 aromatic heterocycles. The fourth-order valence-corrected chi connectivity index (χ4v) is 1.63. The van der Waals surface area contributed by atoms with Crippen LogP contribution >= 0.6 is 0 Å². The van der Waals surface area contributed by atoms with Crippen LogP contribution < -0.4 is 0 Å². The summed E-state index contributed by atoms with van der Waals surface area (Å²) in [5.74, 6) is 0.0684. The first-order valence-electron chi connectivity index (χ1n) is 4.95. The standard InChI is InChI=1S/C10H17N3O/c1-8(2)10(14)13-5-4-12(3)7-9(13)6-11/h8-9H,4-5,7H2,1-3H3/t9-/m1/s1. The van der Waals surface area contributed by atoms with E-state index in [0.717, 1.165) is 6.54 Å². The molecular formula is C10H17N3O. The number of likely N-dealkylation sites (N-methyl/N-ethyl adjacent to an activating group) is 1. The summed E-state index contributed by atoms with van der Waals surface area (Å²) in [4.78, 5) is 15.5. The molecule has 1 saturated heterocycles. The van der Waals surface area contributed by atoms with Crippen molar-refractivity contribution in [3.63, 3.8) is 0 Å². The highest BCUT2D eigenvalue weighted by atomic mass is 16.2. The largest absolute Gasteiger partial charge is 0.324 e. The van der Waals surface area contributed by atoms with Gasteiger partial charge in [0.25, 0.3) is 0 Å². The number of nitriles is 1. The van der Waals surface area contributed by atoms with Crippen LogP contribution in [-0.2, 0) is 4.79 Å². The smallest absolute Gasteiger partial charge is 0.226 e. The number of carbonyl (C=O) groups excluding carboxylic acids is 1. The first-order chi connectivity index (χ1) is 6.56. The van der Waals surface area contributed by atoms with Crippen LogP contribution in [-0.4, -0.2) is 48.4 Å². The molecule has 4 nitrogen and oxygen atoms in total. The van der Waals surface area contributed by atoms with Crippen molar-refractivity contribution in [3.05, 3.63) is 0 Å². The molecule has 0 saturated carbocycles. The van der Waals surface area contributed by atoms with Gasteiger partial charge < -0.3 is 9.80 Å². The summed E-state index contributed by atoms with van der Waals surface area (Å²) < 4.78 is 0. The van der Waals surface area contributed by atoms with Crippen molar-refractivity contribution in [2.75, 3.05) is 26.7 Å². The van der Waals surface area contributed by atoms with E-state index in [2.05, 4.69) is 11.0 Å². The van der Waals surface area contributed by atoms with Crippen LogP contribution in [0.5, 0.6) is 0 Å². The minimum atomic E-state index is -0.274. The Kier molecular flexibility index (Phi) is 3.48. The number of amides is 1. The minimum absolute atomic E-state index is 0.0192. The van der Waals surface area contributed by atoms with Gasteiger partial charge in [0.1, 0.15) is 6.04 Å². The zero-order chi connectivity index (χ0) is 10.7. The second-order valence-electron chi connectivity index (χ2n) is 4.09. The molecule has 1 rings (SSSR count). The van der Waals surface area contributed by atoms with Gasteiger partial charge in [0.2, 0.25) is 5.91 Å². The predicted octanol–water partition coefficient (Wildman–Crippen LogP) is 0.309. The van der Waals surface area contributed by atoms with Crippen LogP contribution in [0.3, 0.4) is 0 Å². The number of rotatable bonds is 1. The molecule has 0 aliphatic carbocycles. The van der Waals surface area contributed by atoms with E-state index in [4.69, 9.17) is 5.26 Å². The van der Waals surface area contributed by atoms with Crippen molar-refractivity contribution < 1.29 is 4.79 Å². The first kappa shape index (κ1) is 11.0. The Morgan fingerprint density at radius 3 is 2.64 bits per heavy atom. The highest BCUT2D eigenvalue weighted by Crippen LogP contribution is 2.11. The van der Waals surface area contributed by atoms with E-state index in [1.807, 2.05) is 20.9 Å². The Morgan fingerprint density at radius 1 is 1.50 bits per heavy atom. The van der Waals surface area contributed by atoms with Gasteiger partial charge >= 0.3 is 0 Å². The summed E-state index contributed by atoms with van der Waals surface area (Å²) in [6.45, 7) is 5.93. The lowest BCUT2D eigenvalue weighted by atomic mass is 10.1. The molecule has 0 aromatic rings. The lowest BCUT2D eigenvalue weighted by Gasteiger charge is -2.37. The molecule has 1 atom stereocenters. The van der Waals surface area contributed by atoms with E-state index in [1.165, 1.54) is 0 Å². The molecule has 1 aliphatic heterocycles.